The van der Waals surface area contributed by atoms with E-state index in [1.165, 1.54) is 6.33 Å². The highest BCUT2D eigenvalue weighted by molar-refractivity contribution is 5.24. The maximum Gasteiger partial charge on any atom is 0.138 e. The zero-order valence-corrected chi connectivity index (χ0v) is 10.0. The number of hydrogen-bond acceptors (Lipinski definition) is 4. The van der Waals surface area contributed by atoms with Gasteiger partial charge in [0.25, 0.3) is 0 Å². The van der Waals surface area contributed by atoms with E-state index in [1.807, 2.05) is 19.9 Å². The Morgan fingerprint density at radius 2 is 2.29 bits per heavy atom. The van der Waals surface area contributed by atoms with Crippen LogP contribution in [0.1, 0.15) is 30.0 Å². The summed E-state index contributed by atoms with van der Waals surface area (Å²) in [6.45, 7) is 4.72. The lowest BCUT2D eigenvalue weighted by molar-refractivity contribution is 0.173. The number of aliphatic hydroxyl groups is 1. The van der Waals surface area contributed by atoms with Crippen LogP contribution in [-0.2, 0) is 13.0 Å². The fraction of sp³-hybridized carbons (Fsp3) is 0.417. The molecule has 0 saturated carbocycles. The van der Waals surface area contributed by atoms with Crippen molar-refractivity contribution in [3.8, 4) is 0 Å². The van der Waals surface area contributed by atoms with Crippen LogP contribution in [0, 0.1) is 6.92 Å². The van der Waals surface area contributed by atoms with Crippen molar-refractivity contribution in [3.05, 3.63) is 41.7 Å². The van der Waals surface area contributed by atoms with Crippen LogP contribution >= 0.6 is 0 Å². The van der Waals surface area contributed by atoms with Crippen LogP contribution in [-0.4, -0.2) is 24.9 Å². The first-order valence-electron chi connectivity index (χ1n) is 5.67. The molecule has 0 radical (unpaired) electrons. The second-order valence-electron chi connectivity index (χ2n) is 3.94. The van der Waals surface area contributed by atoms with Crippen LogP contribution in [0.15, 0.2) is 24.8 Å². The van der Waals surface area contributed by atoms with Crippen molar-refractivity contribution in [2.45, 2.75) is 32.9 Å². The maximum atomic E-state index is 10.2. The summed E-state index contributed by atoms with van der Waals surface area (Å²) in [5, 5.41) is 14.3. The molecule has 0 saturated heterocycles. The Balaban J connectivity index is 2.17. The lowest BCUT2D eigenvalue weighted by Gasteiger charge is -2.12. The Labute approximate surface area is 100 Å². The summed E-state index contributed by atoms with van der Waals surface area (Å²) in [5.41, 5.74) is 1.88. The summed E-state index contributed by atoms with van der Waals surface area (Å²) in [4.78, 5) is 8.19. The normalized spacial score (nSPS) is 12.6. The van der Waals surface area contributed by atoms with Gasteiger partial charge in [-0.15, -0.1) is 0 Å². The molecule has 1 N–H and O–H groups in total. The van der Waals surface area contributed by atoms with E-state index in [1.54, 1.807) is 17.1 Å². The molecule has 2 aromatic rings. The van der Waals surface area contributed by atoms with Crippen LogP contribution in [0.4, 0.5) is 0 Å². The van der Waals surface area contributed by atoms with Crippen molar-refractivity contribution >= 4 is 0 Å². The maximum absolute atomic E-state index is 10.2. The van der Waals surface area contributed by atoms with Gasteiger partial charge in [0.2, 0.25) is 0 Å². The van der Waals surface area contributed by atoms with Crippen LogP contribution in [0.5, 0.6) is 0 Å². The van der Waals surface area contributed by atoms with Crippen molar-refractivity contribution < 1.29 is 5.11 Å². The summed E-state index contributed by atoms with van der Waals surface area (Å²) >= 11 is 0. The first-order valence-corrected chi connectivity index (χ1v) is 5.67. The molecule has 5 nitrogen and oxygen atoms in total. The average Bonchev–Trinajstić information content (AvgIpc) is 2.76. The average molecular weight is 232 g/mol. The molecule has 0 bridgehead atoms. The molecule has 0 fully saturated rings. The smallest absolute Gasteiger partial charge is 0.138 e. The quantitative estimate of drug-likeness (QED) is 0.862. The SMILES string of the molecule is CCn1ncnc1CC(O)c1cnccc1C. The summed E-state index contributed by atoms with van der Waals surface area (Å²) in [7, 11) is 0. The molecule has 0 amide bonds. The number of hydrogen-bond donors (Lipinski definition) is 1. The first kappa shape index (κ1) is 11.7. The monoisotopic (exact) mass is 232 g/mol. The van der Waals surface area contributed by atoms with Crippen molar-refractivity contribution in [2.75, 3.05) is 0 Å². The molecular formula is C12H16N4O. The second kappa shape index (κ2) is 5.05. The number of aliphatic hydroxyl groups excluding tert-OH is 1. The minimum atomic E-state index is -0.585. The fourth-order valence-corrected chi connectivity index (χ4v) is 1.82. The van der Waals surface area contributed by atoms with E-state index in [2.05, 4.69) is 15.1 Å². The number of rotatable bonds is 4. The Kier molecular flexibility index (Phi) is 3.49. The molecule has 2 aromatic heterocycles. The molecule has 2 rings (SSSR count). The van der Waals surface area contributed by atoms with Gasteiger partial charge in [0.15, 0.2) is 0 Å². The number of nitrogens with zero attached hydrogens (tertiary/aromatic N) is 4. The Morgan fingerprint density at radius 1 is 1.47 bits per heavy atom. The van der Waals surface area contributed by atoms with E-state index >= 15 is 0 Å². The van der Waals surface area contributed by atoms with Crippen molar-refractivity contribution in [1.82, 2.24) is 19.7 Å². The van der Waals surface area contributed by atoms with Crippen molar-refractivity contribution in [2.24, 2.45) is 0 Å². The van der Waals surface area contributed by atoms with Crippen LogP contribution in [0.25, 0.3) is 0 Å². The zero-order chi connectivity index (χ0) is 12.3. The zero-order valence-electron chi connectivity index (χ0n) is 10.0. The summed E-state index contributed by atoms with van der Waals surface area (Å²) in [5.74, 6) is 0.795. The van der Waals surface area contributed by atoms with Gasteiger partial charge in [0, 0.05) is 30.9 Å². The van der Waals surface area contributed by atoms with E-state index in [0.717, 1.165) is 23.5 Å². The van der Waals surface area contributed by atoms with Crippen molar-refractivity contribution in [1.29, 1.82) is 0 Å². The Bertz CT molecular complexity index is 495. The van der Waals surface area contributed by atoms with Crippen LogP contribution < -0.4 is 0 Å². The van der Waals surface area contributed by atoms with Gasteiger partial charge in [-0.2, -0.15) is 5.10 Å². The summed E-state index contributed by atoms with van der Waals surface area (Å²) in [6.07, 6.45) is 4.81. The molecule has 5 heteroatoms. The number of aryl methyl sites for hydroxylation is 2. The van der Waals surface area contributed by atoms with Crippen LogP contribution in [0.3, 0.4) is 0 Å². The predicted molar refractivity (Wildman–Crippen MR) is 63.3 cm³/mol. The highest BCUT2D eigenvalue weighted by Gasteiger charge is 2.14. The van der Waals surface area contributed by atoms with Gasteiger partial charge in [-0.25, -0.2) is 4.98 Å². The fourth-order valence-electron chi connectivity index (χ4n) is 1.82. The molecule has 17 heavy (non-hydrogen) atoms. The molecular weight excluding hydrogens is 216 g/mol. The highest BCUT2D eigenvalue weighted by Crippen LogP contribution is 2.19. The van der Waals surface area contributed by atoms with E-state index in [4.69, 9.17) is 0 Å². The molecule has 0 aliphatic heterocycles. The Hall–Kier alpha value is -1.75. The second-order valence-corrected chi connectivity index (χ2v) is 3.94. The minimum absolute atomic E-state index is 0.459. The molecule has 1 unspecified atom stereocenters. The van der Waals surface area contributed by atoms with Gasteiger partial charge in [-0.3, -0.25) is 9.67 Å². The molecule has 2 heterocycles. The van der Waals surface area contributed by atoms with Crippen molar-refractivity contribution in [3.63, 3.8) is 0 Å². The lowest BCUT2D eigenvalue weighted by Crippen LogP contribution is -2.10. The predicted octanol–water partition coefficient (Wildman–Crippen LogP) is 1.28. The third-order valence-corrected chi connectivity index (χ3v) is 2.81. The molecule has 0 spiro atoms. The largest absolute Gasteiger partial charge is 0.388 e. The summed E-state index contributed by atoms with van der Waals surface area (Å²) < 4.78 is 1.79. The molecule has 0 aliphatic carbocycles. The van der Waals surface area contributed by atoms with Gasteiger partial charge < -0.3 is 5.11 Å². The highest BCUT2D eigenvalue weighted by atomic mass is 16.3. The third kappa shape index (κ3) is 2.50. The third-order valence-electron chi connectivity index (χ3n) is 2.81. The molecule has 1 atom stereocenters. The minimum Gasteiger partial charge on any atom is -0.388 e. The van der Waals surface area contributed by atoms with Gasteiger partial charge in [0.1, 0.15) is 12.2 Å². The molecule has 0 aliphatic rings. The first-order chi connectivity index (χ1) is 8.22. The Morgan fingerprint density at radius 3 is 3.00 bits per heavy atom. The van der Waals surface area contributed by atoms with E-state index in [0.29, 0.717) is 6.42 Å². The van der Waals surface area contributed by atoms with Crippen LogP contribution in [0.2, 0.25) is 0 Å². The van der Waals surface area contributed by atoms with Gasteiger partial charge in [0.05, 0.1) is 6.10 Å². The standard InChI is InChI=1S/C12H16N4O/c1-3-16-12(14-8-15-16)6-11(17)10-7-13-5-4-9(10)2/h4-5,7-8,11,17H,3,6H2,1-2H3. The van der Waals surface area contributed by atoms with E-state index in [9.17, 15) is 5.11 Å². The number of pyridine rings is 1. The number of aromatic nitrogens is 4. The van der Waals surface area contributed by atoms with E-state index in [-0.39, 0.29) is 0 Å². The summed E-state index contributed by atoms with van der Waals surface area (Å²) in [6, 6.07) is 1.89. The van der Waals surface area contributed by atoms with Gasteiger partial charge in [-0.1, -0.05) is 0 Å². The lowest BCUT2D eigenvalue weighted by atomic mass is 10.0. The topological polar surface area (TPSA) is 63.8 Å². The van der Waals surface area contributed by atoms with E-state index < -0.39 is 6.10 Å². The molecule has 90 valence electrons. The van der Waals surface area contributed by atoms with Gasteiger partial charge in [-0.05, 0) is 25.5 Å². The molecule has 0 aromatic carbocycles. The van der Waals surface area contributed by atoms with Gasteiger partial charge >= 0.3 is 0 Å².